The number of thioether (sulfide) groups is 1. The Morgan fingerprint density at radius 3 is 2.25 bits per heavy atom. The Hall–Kier alpha value is -3.64. The molecule has 0 radical (unpaired) electrons. The number of carbonyl (C=O) groups is 1. The average Bonchev–Trinajstić information content (AvgIpc) is 2.82. The van der Waals surface area contributed by atoms with Gasteiger partial charge in [-0.1, -0.05) is 42.5 Å². The first-order chi connectivity index (χ1) is 15.7. The van der Waals surface area contributed by atoms with Gasteiger partial charge in [0.25, 0.3) is 0 Å². The fourth-order valence-electron chi connectivity index (χ4n) is 3.20. The molecule has 0 fully saturated rings. The maximum atomic E-state index is 12.3. The van der Waals surface area contributed by atoms with Gasteiger partial charge in [0.15, 0.2) is 0 Å². The van der Waals surface area contributed by atoms with E-state index in [2.05, 4.69) is 27.4 Å². The van der Waals surface area contributed by atoms with E-state index in [1.807, 2.05) is 73.0 Å². The standard InChI is InChI=1S/C26H23N3O2S/c1-32-24-13-9-21(10-14-24)29-25-17-26(28-18-27-25)31-23-11-7-20(8-12-23)16-22(30)15-19-5-3-2-4-6-19/h2-14,17-18H,15-16H2,1H3,(H,27,28,29). The van der Waals surface area contributed by atoms with Gasteiger partial charge in [0.05, 0.1) is 0 Å². The first kappa shape index (κ1) is 21.6. The summed E-state index contributed by atoms with van der Waals surface area (Å²) in [4.78, 5) is 22.0. The molecule has 32 heavy (non-hydrogen) atoms. The summed E-state index contributed by atoms with van der Waals surface area (Å²) in [5.41, 5.74) is 2.93. The molecule has 6 heteroatoms. The second kappa shape index (κ2) is 10.6. The van der Waals surface area contributed by atoms with Crippen molar-refractivity contribution in [2.75, 3.05) is 11.6 Å². The van der Waals surface area contributed by atoms with Crippen molar-refractivity contribution in [3.05, 3.63) is 102 Å². The highest BCUT2D eigenvalue weighted by molar-refractivity contribution is 7.98. The van der Waals surface area contributed by atoms with Gasteiger partial charge in [-0.05, 0) is 53.8 Å². The van der Waals surface area contributed by atoms with Crippen molar-refractivity contribution in [3.63, 3.8) is 0 Å². The maximum Gasteiger partial charge on any atom is 0.224 e. The lowest BCUT2D eigenvalue weighted by molar-refractivity contribution is -0.117. The zero-order valence-corrected chi connectivity index (χ0v) is 18.5. The second-order valence-corrected chi connectivity index (χ2v) is 8.10. The third kappa shape index (κ3) is 6.18. The van der Waals surface area contributed by atoms with Gasteiger partial charge in [-0.15, -0.1) is 11.8 Å². The van der Waals surface area contributed by atoms with E-state index in [1.54, 1.807) is 17.8 Å². The summed E-state index contributed by atoms with van der Waals surface area (Å²) < 4.78 is 5.87. The summed E-state index contributed by atoms with van der Waals surface area (Å²) in [6.45, 7) is 0. The molecule has 1 N–H and O–H groups in total. The van der Waals surface area contributed by atoms with Gasteiger partial charge in [0.2, 0.25) is 5.88 Å². The number of nitrogens with one attached hydrogen (secondary N) is 1. The van der Waals surface area contributed by atoms with Crippen molar-refractivity contribution in [2.45, 2.75) is 17.7 Å². The van der Waals surface area contributed by atoms with Crippen LogP contribution in [0.5, 0.6) is 11.6 Å². The Balaban J connectivity index is 1.34. The third-order valence-electron chi connectivity index (χ3n) is 4.80. The summed E-state index contributed by atoms with van der Waals surface area (Å²) in [5, 5.41) is 3.25. The molecule has 160 valence electrons. The van der Waals surface area contributed by atoms with Gasteiger partial charge in [-0.25, -0.2) is 9.97 Å². The predicted octanol–water partition coefficient (Wildman–Crippen LogP) is 6.09. The van der Waals surface area contributed by atoms with Crippen LogP contribution in [0.4, 0.5) is 11.5 Å². The first-order valence-electron chi connectivity index (χ1n) is 10.2. The van der Waals surface area contributed by atoms with Crippen LogP contribution >= 0.6 is 11.8 Å². The molecule has 0 aliphatic heterocycles. The van der Waals surface area contributed by atoms with Gasteiger partial charge in [0, 0.05) is 29.5 Å². The van der Waals surface area contributed by atoms with E-state index in [0.717, 1.165) is 16.8 Å². The number of anilines is 2. The summed E-state index contributed by atoms with van der Waals surface area (Å²) in [5.74, 6) is 1.92. The minimum absolute atomic E-state index is 0.182. The van der Waals surface area contributed by atoms with Gasteiger partial charge < -0.3 is 10.1 Å². The highest BCUT2D eigenvalue weighted by atomic mass is 32.2. The molecule has 0 bridgehead atoms. The van der Waals surface area contributed by atoms with Gasteiger partial charge in [-0.2, -0.15) is 0 Å². The smallest absolute Gasteiger partial charge is 0.224 e. The lowest BCUT2D eigenvalue weighted by Gasteiger charge is -2.09. The fraction of sp³-hybridized carbons (Fsp3) is 0.115. The largest absolute Gasteiger partial charge is 0.439 e. The summed E-state index contributed by atoms with van der Waals surface area (Å²) >= 11 is 1.70. The summed E-state index contributed by atoms with van der Waals surface area (Å²) in [6.07, 6.45) is 4.35. The fourth-order valence-corrected chi connectivity index (χ4v) is 3.60. The number of aromatic nitrogens is 2. The monoisotopic (exact) mass is 441 g/mol. The Bertz CT molecular complexity index is 1160. The highest BCUT2D eigenvalue weighted by Crippen LogP contribution is 2.24. The number of hydrogen-bond donors (Lipinski definition) is 1. The van der Waals surface area contributed by atoms with Gasteiger partial charge >= 0.3 is 0 Å². The number of Topliss-reactive ketones (excluding diaryl/α,β-unsaturated/α-hetero) is 1. The van der Waals surface area contributed by atoms with Crippen molar-refractivity contribution in [1.82, 2.24) is 9.97 Å². The topological polar surface area (TPSA) is 64.1 Å². The van der Waals surface area contributed by atoms with Crippen molar-refractivity contribution in [3.8, 4) is 11.6 Å². The van der Waals surface area contributed by atoms with E-state index in [-0.39, 0.29) is 5.78 Å². The van der Waals surface area contributed by atoms with Crippen LogP contribution in [0.3, 0.4) is 0 Å². The van der Waals surface area contributed by atoms with Crippen molar-refractivity contribution in [1.29, 1.82) is 0 Å². The zero-order chi connectivity index (χ0) is 22.2. The van der Waals surface area contributed by atoms with Crippen LogP contribution in [0.15, 0.2) is 96.2 Å². The molecule has 0 spiro atoms. The lowest BCUT2D eigenvalue weighted by atomic mass is 10.0. The first-order valence-corrected chi connectivity index (χ1v) is 11.5. The minimum Gasteiger partial charge on any atom is -0.439 e. The number of ether oxygens (including phenoxy) is 1. The summed E-state index contributed by atoms with van der Waals surface area (Å²) in [6, 6.07) is 27.2. The van der Waals surface area contributed by atoms with Crippen LogP contribution in [0, 0.1) is 0 Å². The molecular formula is C26H23N3O2S. The van der Waals surface area contributed by atoms with E-state index in [1.165, 1.54) is 11.2 Å². The Labute approximate surface area is 191 Å². The van der Waals surface area contributed by atoms with E-state index in [0.29, 0.717) is 30.3 Å². The lowest BCUT2D eigenvalue weighted by Crippen LogP contribution is -2.06. The molecule has 5 nitrogen and oxygen atoms in total. The number of rotatable bonds is 9. The van der Waals surface area contributed by atoms with Gasteiger partial charge in [0.1, 0.15) is 23.7 Å². The molecule has 0 saturated heterocycles. The molecule has 1 aromatic heterocycles. The van der Waals surface area contributed by atoms with Crippen LogP contribution in [-0.4, -0.2) is 22.0 Å². The van der Waals surface area contributed by atoms with Crippen LogP contribution in [0.2, 0.25) is 0 Å². The molecule has 0 aliphatic rings. The van der Waals surface area contributed by atoms with Gasteiger partial charge in [-0.3, -0.25) is 4.79 Å². The quantitative estimate of drug-likeness (QED) is 0.317. The second-order valence-electron chi connectivity index (χ2n) is 7.22. The number of nitrogens with zero attached hydrogens (tertiary/aromatic N) is 2. The number of carbonyl (C=O) groups excluding carboxylic acids is 1. The molecule has 0 unspecified atom stereocenters. The molecule has 3 aromatic carbocycles. The molecule has 4 rings (SSSR count). The molecule has 0 atom stereocenters. The van der Waals surface area contributed by atoms with Crippen molar-refractivity contribution >= 4 is 29.1 Å². The third-order valence-corrected chi connectivity index (χ3v) is 5.54. The molecule has 0 amide bonds. The summed E-state index contributed by atoms with van der Waals surface area (Å²) in [7, 11) is 0. The average molecular weight is 442 g/mol. The van der Waals surface area contributed by atoms with E-state index < -0.39 is 0 Å². The highest BCUT2D eigenvalue weighted by Gasteiger charge is 2.07. The van der Waals surface area contributed by atoms with Crippen molar-refractivity contribution in [2.24, 2.45) is 0 Å². The number of benzene rings is 3. The zero-order valence-electron chi connectivity index (χ0n) is 17.7. The van der Waals surface area contributed by atoms with E-state index >= 15 is 0 Å². The Kier molecular flexibility index (Phi) is 7.15. The normalized spacial score (nSPS) is 10.5. The van der Waals surface area contributed by atoms with E-state index in [9.17, 15) is 4.79 Å². The molecule has 0 aliphatic carbocycles. The molecule has 4 aromatic rings. The van der Waals surface area contributed by atoms with E-state index in [4.69, 9.17) is 4.74 Å². The minimum atomic E-state index is 0.182. The number of hydrogen-bond acceptors (Lipinski definition) is 6. The van der Waals surface area contributed by atoms with Crippen LogP contribution in [-0.2, 0) is 17.6 Å². The predicted molar refractivity (Wildman–Crippen MR) is 129 cm³/mol. The Morgan fingerprint density at radius 1 is 0.875 bits per heavy atom. The van der Waals surface area contributed by atoms with Crippen molar-refractivity contribution < 1.29 is 9.53 Å². The maximum absolute atomic E-state index is 12.3. The molecular weight excluding hydrogens is 418 g/mol. The van der Waals surface area contributed by atoms with Crippen LogP contribution < -0.4 is 10.1 Å². The van der Waals surface area contributed by atoms with Crippen LogP contribution in [0.25, 0.3) is 0 Å². The molecule has 0 saturated carbocycles. The van der Waals surface area contributed by atoms with Crippen LogP contribution in [0.1, 0.15) is 11.1 Å². The Morgan fingerprint density at radius 2 is 1.56 bits per heavy atom. The number of ketones is 1. The molecule has 1 heterocycles. The SMILES string of the molecule is CSc1ccc(Nc2cc(Oc3ccc(CC(=O)Cc4ccccc4)cc3)ncn2)cc1.